The van der Waals surface area contributed by atoms with Gasteiger partial charge in [0.25, 0.3) is 0 Å². The molecule has 0 saturated heterocycles. The molecule has 214 valence electrons. The number of alkyl halides is 3. The van der Waals surface area contributed by atoms with Gasteiger partial charge in [-0.05, 0) is 80.8 Å². The number of nitrogens with one attached hydrogen (secondary N) is 1. The van der Waals surface area contributed by atoms with Crippen molar-refractivity contribution in [2.24, 2.45) is 9.98 Å². The highest BCUT2D eigenvalue weighted by Crippen LogP contribution is 2.25. The minimum atomic E-state index is -4.73. The van der Waals surface area contributed by atoms with E-state index in [2.05, 4.69) is 43.7 Å². The number of hydrogen-bond acceptors (Lipinski definition) is 8. The summed E-state index contributed by atoms with van der Waals surface area (Å²) < 4.78 is 50.6. The van der Waals surface area contributed by atoms with Crippen LogP contribution in [0.4, 0.5) is 19.0 Å². The fourth-order valence-corrected chi connectivity index (χ4v) is 3.21. The molecule has 0 spiro atoms. The fourth-order valence-electron chi connectivity index (χ4n) is 3.21. The van der Waals surface area contributed by atoms with Crippen LogP contribution >= 0.6 is 0 Å². The molecule has 1 aromatic carbocycles. The maximum absolute atomic E-state index is 12.2. The van der Waals surface area contributed by atoms with Gasteiger partial charge in [-0.3, -0.25) is 4.99 Å². The first-order valence-corrected chi connectivity index (χ1v) is 12.3. The second-order valence-corrected chi connectivity index (χ2v) is 8.66. The third-order valence-corrected chi connectivity index (χ3v) is 5.09. The quantitative estimate of drug-likeness (QED) is 0.221. The van der Waals surface area contributed by atoms with Crippen molar-refractivity contribution in [3.63, 3.8) is 0 Å². The summed E-state index contributed by atoms with van der Waals surface area (Å²) in [6, 6.07) is 11.2. The summed E-state index contributed by atoms with van der Waals surface area (Å²) in [5.74, 6) is 1.64. The molecule has 2 heterocycles. The summed E-state index contributed by atoms with van der Waals surface area (Å²) >= 11 is 0. The molecule has 11 heteroatoms. The van der Waals surface area contributed by atoms with E-state index in [1.165, 1.54) is 36.9 Å². The summed E-state index contributed by atoms with van der Waals surface area (Å²) in [5.41, 5.74) is 4.58. The van der Waals surface area contributed by atoms with E-state index in [1.54, 1.807) is 13.1 Å². The Morgan fingerprint density at radius 1 is 1.15 bits per heavy atom. The Labute approximate surface area is 232 Å². The van der Waals surface area contributed by atoms with Crippen LogP contribution in [0.25, 0.3) is 5.70 Å². The molecule has 0 bridgehead atoms. The second kappa shape index (κ2) is 15.2. The zero-order valence-corrected chi connectivity index (χ0v) is 23.5. The molecule has 0 aliphatic carbocycles. The Morgan fingerprint density at radius 2 is 1.85 bits per heavy atom. The number of allylic oxidation sites excluding steroid dienone is 1. The van der Waals surface area contributed by atoms with Crippen molar-refractivity contribution in [1.29, 1.82) is 0 Å². The van der Waals surface area contributed by atoms with Crippen LogP contribution in [-0.4, -0.2) is 42.3 Å². The average Bonchev–Trinajstić information content (AvgIpc) is 3.34. The molecule has 0 aliphatic heterocycles. The van der Waals surface area contributed by atoms with Crippen LogP contribution in [0.5, 0.6) is 5.75 Å². The van der Waals surface area contributed by atoms with E-state index in [0.29, 0.717) is 23.5 Å². The fraction of sp³-hybridized carbons (Fsp3) is 0.310. The van der Waals surface area contributed by atoms with E-state index in [4.69, 9.17) is 9.26 Å². The molecule has 8 nitrogen and oxygen atoms in total. The van der Waals surface area contributed by atoms with E-state index in [-0.39, 0.29) is 11.6 Å². The Morgan fingerprint density at radius 3 is 2.38 bits per heavy atom. The molecular weight excluding hydrogens is 523 g/mol. The van der Waals surface area contributed by atoms with Crippen LogP contribution in [0, 0.1) is 6.92 Å². The molecule has 1 N–H and O–H groups in total. The number of hydrogen-bond donors (Lipinski definition) is 1. The molecule has 0 unspecified atom stereocenters. The zero-order chi connectivity index (χ0) is 29.7. The van der Waals surface area contributed by atoms with Crippen LogP contribution in [0.2, 0.25) is 0 Å². The number of nitrogens with zero attached hydrogens (tertiary/aromatic N) is 4. The molecule has 40 heavy (non-hydrogen) atoms. The van der Waals surface area contributed by atoms with E-state index in [0.717, 1.165) is 29.3 Å². The lowest BCUT2D eigenvalue weighted by Crippen LogP contribution is -2.17. The number of ether oxygens (including phenoxy) is 2. The Kier molecular flexibility index (Phi) is 12.1. The maximum atomic E-state index is 12.2. The zero-order valence-electron chi connectivity index (χ0n) is 23.5. The Bertz CT molecular complexity index is 1340. The summed E-state index contributed by atoms with van der Waals surface area (Å²) in [7, 11) is 3.06. The van der Waals surface area contributed by atoms with Gasteiger partial charge in [0.2, 0.25) is 5.90 Å². The normalized spacial score (nSPS) is 11.7. The number of pyridine rings is 1. The Balaban J connectivity index is 0.000000302. The third-order valence-electron chi connectivity index (χ3n) is 5.09. The van der Waals surface area contributed by atoms with Crippen molar-refractivity contribution < 1.29 is 27.2 Å². The van der Waals surface area contributed by atoms with E-state index in [1.807, 2.05) is 45.2 Å². The number of aliphatic imine (C=N–C) groups is 2. The Hall–Kier alpha value is -4.41. The standard InChI is InChI=1S/C17H19F3N2O2.C12H15N3O/c1-11(2)10-15(21-4)16(23-5)22-12(3)13-6-8-14(9-7-13)24-17(18,19)20;1-3-10-4-5-13-12(7-10)14-8-11-6-9(2)15-16-11/h6-10H,3H2,1-2,4-5H3;4-7H,3,8H2,1-2H3,(H,13,14). The average molecular weight is 558 g/mol. The summed E-state index contributed by atoms with van der Waals surface area (Å²) in [6.07, 6.45) is -0.0992. The van der Waals surface area contributed by atoms with E-state index in [9.17, 15) is 13.2 Å². The van der Waals surface area contributed by atoms with Crippen molar-refractivity contribution in [2.75, 3.05) is 19.5 Å². The first-order valence-electron chi connectivity index (χ1n) is 12.3. The van der Waals surface area contributed by atoms with Crippen LogP contribution in [-0.2, 0) is 17.7 Å². The topological polar surface area (TPSA) is 94.1 Å². The predicted octanol–water partition coefficient (Wildman–Crippen LogP) is 7.19. The van der Waals surface area contributed by atoms with E-state index >= 15 is 0 Å². The van der Waals surface area contributed by atoms with Crippen LogP contribution in [0.15, 0.2) is 81.4 Å². The molecule has 0 amide bonds. The largest absolute Gasteiger partial charge is 0.573 e. The number of aryl methyl sites for hydroxylation is 2. The number of aromatic nitrogens is 2. The van der Waals surface area contributed by atoms with Gasteiger partial charge in [-0.15, -0.1) is 13.2 Å². The highest BCUT2D eigenvalue weighted by molar-refractivity contribution is 6.44. The van der Waals surface area contributed by atoms with Crippen molar-refractivity contribution in [3.05, 3.63) is 89.5 Å². The van der Waals surface area contributed by atoms with Gasteiger partial charge in [0, 0.05) is 19.3 Å². The summed E-state index contributed by atoms with van der Waals surface area (Å²) in [6.45, 7) is 12.3. The highest BCUT2D eigenvalue weighted by Gasteiger charge is 2.31. The summed E-state index contributed by atoms with van der Waals surface area (Å²) in [4.78, 5) is 12.6. The number of benzene rings is 1. The van der Waals surface area contributed by atoms with Gasteiger partial charge in [-0.2, -0.15) is 0 Å². The van der Waals surface area contributed by atoms with Crippen LogP contribution in [0.3, 0.4) is 0 Å². The number of methoxy groups -OCH3 is 1. The van der Waals surface area contributed by atoms with Gasteiger partial charge < -0.3 is 19.3 Å². The van der Waals surface area contributed by atoms with Gasteiger partial charge in [0.1, 0.15) is 17.3 Å². The van der Waals surface area contributed by atoms with Gasteiger partial charge >= 0.3 is 6.36 Å². The van der Waals surface area contributed by atoms with Gasteiger partial charge in [0.05, 0.1) is 25.0 Å². The van der Waals surface area contributed by atoms with Crippen LogP contribution in [0.1, 0.15) is 43.4 Å². The molecule has 0 radical (unpaired) electrons. The smallest absolute Gasteiger partial charge is 0.479 e. The SMILES string of the molecule is C=C(N=C(OC)C(C=C(C)C)=NC)c1ccc(OC(F)(F)F)cc1.CCc1ccnc(NCc2cc(C)no2)c1. The number of rotatable bonds is 9. The number of halogens is 3. The highest BCUT2D eigenvalue weighted by atomic mass is 19.4. The third kappa shape index (κ3) is 11.1. The molecule has 3 rings (SSSR count). The molecule has 0 atom stereocenters. The lowest BCUT2D eigenvalue weighted by molar-refractivity contribution is -0.274. The predicted molar refractivity (Wildman–Crippen MR) is 152 cm³/mol. The second-order valence-electron chi connectivity index (χ2n) is 8.66. The first kappa shape index (κ1) is 31.8. The van der Waals surface area contributed by atoms with Crippen molar-refractivity contribution in [2.45, 2.75) is 47.0 Å². The molecule has 2 aromatic heterocycles. The van der Waals surface area contributed by atoms with Crippen molar-refractivity contribution >= 4 is 23.1 Å². The monoisotopic (exact) mass is 557 g/mol. The van der Waals surface area contributed by atoms with Crippen molar-refractivity contribution in [1.82, 2.24) is 10.1 Å². The maximum Gasteiger partial charge on any atom is 0.573 e. The molecule has 0 aliphatic rings. The lowest BCUT2D eigenvalue weighted by Gasteiger charge is -2.10. The lowest BCUT2D eigenvalue weighted by atomic mass is 10.1. The van der Waals surface area contributed by atoms with Crippen LogP contribution < -0.4 is 10.1 Å². The van der Waals surface area contributed by atoms with Gasteiger partial charge in [-0.25, -0.2) is 9.98 Å². The molecular formula is C29H34F3N5O3. The molecule has 0 fully saturated rings. The minimum absolute atomic E-state index is 0.263. The van der Waals surface area contributed by atoms with Gasteiger partial charge in [-0.1, -0.05) is 24.2 Å². The van der Waals surface area contributed by atoms with E-state index < -0.39 is 6.36 Å². The molecule has 0 saturated carbocycles. The minimum Gasteiger partial charge on any atom is -0.479 e. The summed E-state index contributed by atoms with van der Waals surface area (Å²) in [5, 5.41) is 7.03. The van der Waals surface area contributed by atoms with Crippen molar-refractivity contribution in [3.8, 4) is 5.75 Å². The molecule has 3 aromatic rings. The van der Waals surface area contributed by atoms with Gasteiger partial charge in [0.15, 0.2) is 5.76 Å². The number of anilines is 1. The first-order chi connectivity index (χ1) is 18.9.